The number of hydrogen-bond donors (Lipinski definition) is 0. The fourth-order valence-corrected chi connectivity index (χ4v) is 5.66. The summed E-state index contributed by atoms with van der Waals surface area (Å²) >= 11 is 0. The van der Waals surface area contributed by atoms with E-state index in [4.69, 9.17) is 0 Å². The Bertz CT molecular complexity index is 1770. The second-order valence-corrected chi connectivity index (χ2v) is 9.77. The molecule has 0 saturated heterocycles. The van der Waals surface area contributed by atoms with Gasteiger partial charge in [0.2, 0.25) is 0 Å². The van der Waals surface area contributed by atoms with Gasteiger partial charge in [0.1, 0.15) is 0 Å². The molecule has 0 bridgehead atoms. The second-order valence-electron chi connectivity index (χ2n) is 9.77. The van der Waals surface area contributed by atoms with Crippen LogP contribution in [0.25, 0.3) is 49.8 Å². The highest BCUT2D eigenvalue weighted by Gasteiger charge is 2.17. The molecule has 6 aromatic rings. The molecule has 1 aliphatic carbocycles. The molecule has 1 heteroatoms. The summed E-state index contributed by atoms with van der Waals surface area (Å²) in [6, 6.07) is 46.0. The first kappa shape index (κ1) is 21.6. The van der Waals surface area contributed by atoms with E-state index in [1.807, 2.05) is 0 Å². The number of nitrogens with zero attached hydrogens (tertiary/aromatic N) is 1. The third-order valence-electron chi connectivity index (χ3n) is 7.53. The summed E-state index contributed by atoms with van der Waals surface area (Å²) in [5.41, 5.74) is 10.1. The summed E-state index contributed by atoms with van der Waals surface area (Å²) in [5.74, 6) is 0.389. The largest absolute Gasteiger partial charge is 0.310 e. The molecule has 0 aliphatic heterocycles. The Kier molecular flexibility index (Phi) is 5.33. The number of allylic oxidation sites excluding steroid dienone is 4. The highest BCUT2D eigenvalue weighted by Crippen LogP contribution is 2.38. The summed E-state index contributed by atoms with van der Waals surface area (Å²) < 4.78 is 2.43. The maximum atomic E-state index is 2.43. The molecule has 1 atom stereocenters. The molecule has 37 heavy (non-hydrogen) atoms. The van der Waals surface area contributed by atoms with Crippen LogP contribution in [0.15, 0.2) is 146 Å². The maximum Gasteiger partial charge on any atom is 0.0541 e. The van der Waals surface area contributed by atoms with Crippen molar-refractivity contribution < 1.29 is 0 Å². The van der Waals surface area contributed by atoms with Gasteiger partial charge in [0.15, 0.2) is 0 Å². The lowest BCUT2D eigenvalue weighted by atomic mass is 9.91. The van der Waals surface area contributed by atoms with Crippen LogP contribution < -0.4 is 0 Å². The third-order valence-corrected chi connectivity index (χ3v) is 7.53. The van der Waals surface area contributed by atoms with E-state index >= 15 is 0 Å². The fraction of sp³-hybridized carbons (Fsp3) is 0.0556. The summed E-state index contributed by atoms with van der Waals surface area (Å²) in [6.07, 6.45) is 8.06. The minimum Gasteiger partial charge on any atom is -0.310 e. The normalized spacial score (nSPS) is 15.2. The molecule has 1 nitrogen and oxygen atoms in total. The Morgan fingerprint density at radius 1 is 0.514 bits per heavy atom. The number of benzene rings is 5. The van der Waals surface area contributed by atoms with E-state index in [0.29, 0.717) is 5.92 Å². The number of aromatic nitrogens is 1. The SMILES string of the molecule is C1=CC(n2c3ccccc3c3cc(-c4ccc(-c5ccccc5)cc4)ccc32)=CC(c2ccccc2)C1. The zero-order chi connectivity index (χ0) is 24.6. The quantitative estimate of drug-likeness (QED) is 0.240. The van der Waals surface area contributed by atoms with E-state index < -0.39 is 0 Å². The molecule has 0 radical (unpaired) electrons. The fourth-order valence-electron chi connectivity index (χ4n) is 5.66. The lowest BCUT2D eigenvalue weighted by Gasteiger charge is -2.19. The topological polar surface area (TPSA) is 4.93 Å². The van der Waals surface area contributed by atoms with Gasteiger partial charge in [0.25, 0.3) is 0 Å². The number of para-hydroxylation sites is 1. The standard InChI is InChI=1S/C36H27N/c1-3-10-26(11-4-1)28-18-20-29(21-19-28)31-22-23-36-34(25-31)33-16-7-8-17-35(33)37(36)32-15-9-14-30(24-32)27-12-5-2-6-13-27/h1-13,15-25,30H,14H2. The highest BCUT2D eigenvalue weighted by atomic mass is 15.0. The monoisotopic (exact) mass is 473 g/mol. The van der Waals surface area contributed by atoms with Crippen LogP contribution in [0.5, 0.6) is 0 Å². The highest BCUT2D eigenvalue weighted by molar-refractivity contribution is 6.11. The summed E-state index contributed by atoms with van der Waals surface area (Å²) in [6.45, 7) is 0. The molecular formula is C36H27N. The Morgan fingerprint density at radius 2 is 1.11 bits per heavy atom. The third kappa shape index (κ3) is 3.90. The zero-order valence-electron chi connectivity index (χ0n) is 20.6. The smallest absolute Gasteiger partial charge is 0.0541 e. The van der Waals surface area contributed by atoms with Gasteiger partial charge in [0, 0.05) is 22.4 Å². The summed E-state index contributed by atoms with van der Waals surface area (Å²) in [7, 11) is 0. The Hall–Kier alpha value is -4.62. The Balaban J connectivity index is 1.33. The van der Waals surface area contributed by atoms with Crippen molar-refractivity contribution >= 4 is 27.5 Å². The predicted molar refractivity (Wildman–Crippen MR) is 158 cm³/mol. The van der Waals surface area contributed by atoms with Crippen LogP contribution >= 0.6 is 0 Å². The molecule has 1 heterocycles. The van der Waals surface area contributed by atoms with Crippen molar-refractivity contribution in [1.82, 2.24) is 4.57 Å². The van der Waals surface area contributed by atoms with Gasteiger partial charge in [-0.1, -0.05) is 121 Å². The van der Waals surface area contributed by atoms with Crippen LogP contribution in [0, 0.1) is 0 Å². The van der Waals surface area contributed by atoms with Gasteiger partial charge >= 0.3 is 0 Å². The van der Waals surface area contributed by atoms with Crippen molar-refractivity contribution in [1.29, 1.82) is 0 Å². The van der Waals surface area contributed by atoms with E-state index in [9.17, 15) is 0 Å². The first-order chi connectivity index (χ1) is 18.3. The number of fused-ring (bicyclic) bond motifs is 3. The minimum absolute atomic E-state index is 0.389. The van der Waals surface area contributed by atoms with E-state index in [0.717, 1.165) is 6.42 Å². The van der Waals surface area contributed by atoms with Crippen LogP contribution in [0.2, 0.25) is 0 Å². The first-order valence-corrected chi connectivity index (χ1v) is 13.0. The molecule has 0 saturated carbocycles. The van der Waals surface area contributed by atoms with E-state index in [2.05, 4.69) is 150 Å². The molecular weight excluding hydrogens is 446 g/mol. The van der Waals surface area contributed by atoms with E-state index in [1.165, 1.54) is 55.3 Å². The van der Waals surface area contributed by atoms with Crippen molar-refractivity contribution in [2.24, 2.45) is 0 Å². The van der Waals surface area contributed by atoms with Crippen LogP contribution in [0.1, 0.15) is 17.9 Å². The molecule has 1 aliphatic rings. The molecule has 5 aromatic carbocycles. The van der Waals surface area contributed by atoms with Gasteiger partial charge in [-0.3, -0.25) is 0 Å². The van der Waals surface area contributed by atoms with Crippen molar-refractivity contribution in [2.45, 2.75) is 12.3 Å². The van der Waals surface area contributed by atoms with Gasteiger partial charge in [-0.2, -0.15) is 0 Å². The van der Waals surface area contributed by atoms with Crippen LogP contribution in [0.4, 0.5) is 0 Å². The van der Waals surface area contributed by atoms with Crippen molar-refractivity contribution in [2.75, 3.05) is 0 Å². The van der Waals surface area contributed by atoms with Gasteiger partial charge in [0.05, 0.1) is 11.0 Å². The molecule has 0 amide bonds. The van der Waals surface area contributed by atoms with Crippen LogP contribution in [-0.2, 0) is 0 Å². The zero-order valence-corrected chi connectivity index (χ0v) is 20.6. The number of rotatable bonds is 4. The molecule has 1 unspecified atom stereocenters. The molecule has 0 N–H and O–H groups in total. The van der Waals surface area contributed by atoms with Gasteiger partial charge in [-0.05, 0) is 58.5 Å². The molecule has 7 rings (SSSR count). The first-order valence-electron chi connectivity index (χ1n) is 13.0. The maximum absolute atomic E-state index is 2.43. The lowest BCUT2D eigenvalue weighted by molar-refractivity contribution is 0.849. The summed E-state index contributed by atoms with van der Waals surface area (Å²) in [4.78, 5) is 0. The van der Waals surface area contributed by atoms with E-state index in [-0.39, 0.29) is 0 Å². The van der Waals surface area contributed by atoms with Crippen LogP contribution in [0.3, 0.4) is 0 Å². The second kappa shape index (κ2) is 9.11. The van der Waals surface area contributed by atoms with Gasteiger partial charge in [-0.15, -0.1) is 0 Å². The average molecular weight is 474 g/mol. The van der Waals surface area contributed by atoms with Gasteiger partial charge < -0.3 is 4.57 Å². The predicted octanol–water partition coefficient (Wildman–Crippen LogP) is 9.71. The molecule has 176 valence electrons. The van der Waals surface area contributed by atoms with E-state index in [1.54, 1.807) is 0 Å². The number of hydrogen-bond acceptors (Lipinski definition) is 0. The van der Waals surface area contributed by atoms with Crippen molar-refractivity contribution in [3.05, 3.63) is 151 Å². The van der Waals surface area contributed by atoms with Crippen molar-refractivity contribution in [3.8, 4) is 22.3 Å². The van der Waals surface area contributed by atoms with Crippen molar-refractivity contribution in [3.63, 3.8) is 0 Å². The Labute approximate surface area is 217 Å². The van der Waals surface area contributed by atoms with Gasteiger partial charge in [-0.25, -0.2) is 0 Å². The lowest BCUT2D eigenvalue weighted by Crippen LogP contribution is -2.03. The average Bonchev–Trinajstić information content (AvgIpc) is 3.32. The molecule has 0 fully saturated rings. The van der Waals surface area contributed by atoms with Crippen LogP contribution in [-0.4, -0.2) is 4.57 Å². The summed E-state index contributed by atoms with van der Waals surface area (Å²) in [5, 5.41) is 2.58. The minimum atomic E-state index is 0.389. The molecule has 1 aromatic heterocycles. The molecule has 0 spiro atoms. The Morgan fingerprint density at radius 3 is 1.89 bits per heavy atom.